The van der Waals surface area contributed by atoms with Gasteiger partial charge in [-0.3, -0.25) is 0 Å². The third-order valence-electron chi connectivity index (χ3n) is 0.229. The van der Waals surface area contributed by atoms with Gasteiger partial charge >= 0.3 is 0 Å². The predicted molar refractivity (Wildman–Crippen MR) is 31.8 cm³/mol. The molecule has 0 fully saturated rings. The van der Waals surface area contributed by atoms with Crippen LogP contribution in [0.15, 0.2) is 0 Å². The lowest BCUT2D eigenvalue weighted by Crippen LogP contribution is -1.75. The molecule has 31 valence electrons. The summed E-state index contributed by atoms with van der Waals surface area (Å²) in [6.45, 7) is 1.93. The molecular weight excluding hydrogens is 100 g/mol. The molecule has 0 heterocycles. The van der Waals surface area contributed by atoms with Gasteiger partial charge < -0.3 is 0 Å². The fourth-order valence-electron chi connectivity index (χ4n) is 0. The molecule has 0 bridgehead atoms. The van der Waals surface area contributed by atoms with Crippen LogP contribution in [0.25, 0.3) is 0 Å². The third-order valence-corrected chi connectivity index (χ3v) is 1.11. The highest BCUT2D eigenvalue weighted by Crippen LogP contribution is 2.02. The molecule has 0 nitrogen and oxygen atoms in total. The van der Waals surface area contributed by atoms with E-state index >= 15 is 0 Å². The van der Waals surface area contributed by atoms with Crippen molar-refractivity contribution in [2.75, 3.05) is 5.75 Å². The molecule has 1 radical (unpaired) electrons. The van der Waals surface area contributed by atoms with Gasteiger partial charge in [0.25, 0.3) is 0 Å². The lowest BCUT2D eigenvalue weighted by molar-refractivity contribution is 1.38. The largest absolute Gasteiger partial charge is 0.178 e. The molecule has 0 N–H and O–H groups in total. The third kappa shape index (κ3) is 4.70. The van der Waals surface area contributed by atoms with Crippen molar-refractivity contribution in [2.45, 2.75) is 6.92 Å². The van der Waals surface area contributed by atoms with Crippen LogP contribution in [0.5, 0.6) is 0 Å². The highest BCUT2D eigenvalue weighted by Gasteiger charge is 1.83. The van der Waals surface area contributed by atoms with Crippen LogP contribution in [0.2, 0.25) is 0 Å². The number of hydrogen-bond acceptors (Lipinski definition) is 2. The first kappa shape index (κ1) is 5.70. The summed E-state index contributed by atoms with van der Waals surface area (Å²) in [5.41, 5.74) is 0. The van der Waals surface area contributed by atoms with Crippen molar-refractivity contribution in [2.24, 2.45) is 0 Å². The Balaban J connectivity index is 2.54. The van der Waals surface area contributed by atoms with E-state index in [0.717, 1.165) is 11.0 Å². The minimum Gasteiger partial charge on any atom is -0.178 e. The Labute approximate surface area is 43.8 Å². The average Bonchev–Trinajstić information content (AvgIpc) is 1.38. The Bertz CT molecular complexity index is 18.9. The molecule has 0 aromatic heterocycles. The quantitative estimate of drug-likeness (QED) is 0.465. The van der Waals surface area contributed by atoms with Gasteiger partial charge in [0.1, 0.15) is 0 Å². The Hall–Kier alpha value is 0.700. The number of thiol groups is 2. The first-order chi connectivity index (χ1) is 2.27. The first-order valence-corrected chi connectivity index (χ1v) is 2.47. The summed E-state index contributed by atoms with van der Waals surface area (Å²) in [5, 5.41) is 1.06. The second-order valence-electron chi connectivity index (χ2n) is 0.893. The van der Waals surface area contributed by atoms with E-state index in [1.807, 2.05) is 6.92 Å². The zero-order valence-electron chi connectivity index (χ0n) is 3.10. The second kappa shape index (κ2) is 2.91. The molecular formula is C3H7S2. The van der Waals surface area contributed by atoms with Crippen molar-refractivity contribution in [3.63, 3.8) is 0 Å². The highest BCUT2D eigenvalue weighted by molar-refractivity contribution is 7.86. The van der Waals surface area contributed by atoms with E-state index in [4.69, 9.17) is 0 Å². The molecule has 0 amide bonds. The summed E-state index contributed by atoms with van der Waals surface area (Å²) in [5.74, 6) is 0.781. The molecule has 0 saturated carbocycles. The molecule has 0 aromatic carbocycles. The van der Waals surface area contributed by atoms with Gasteiger partial charge in [0.2, 0.25) is 0 Å². The van der Waals surface area contributed by atoms with Crippen LogP contribution in [0.3, 0.4) is 0 Å². The highest BCUT2D eigenvalue weighted by atomic mass is 32.1. The van der Waals surface area contributed by atoms with Crippen LogP contribution < -0.4 is 0 Å². The molecule has 0 aliphatic rings. The van der Waals surface area contributed by atoms with E-state index in [1.54, 1.807) is 0 Å². The smallest absolute Gasteiger partial charge is 0.0338 e. The monoisotopic (exact) mass is 107 g/mol. The predicted octanol–water partition coefficient (Wildman–Crippen LogP) is 1.40. The Kier molecular flexibility index (Phi) is 3.32. The van der Waals surface area contributed by atoms with Crippen molar-refractivity contribution in [3.05, 3.63) is 5.25 Å². The van der Waals surface area contributed by atoms with E-state index in [-0.39, 0.29) is 0 Å². The minimum absolute atomic E-state index is 0.781. The molecule has 0 spiro atoms. The fourth-order valence-corrected chi connectivity index (χ4v) is 0. The normalized spacial score (nSPS) is 9.60. The number of hydrogen-bond donors (Lipinski definition) is 2. The Morgan fingerprint density at radius 3 is 2.00 bits per heavy atom. The van der Waals surface area contributed by atoms with E-state index in [9.17, 15) is 0 Å². The zero-order chi connectivity index (χ0) is 4.28. The SMILES string of the molecule is C[C](S)CS. The Morgan fingerprint density at radius 2 is 2.00 bits per heavy atom. The van der Waals surface area contributed by atoms with Crippen molar-refractivity contribution >= 4 is 25.3 Å². The van der Waals surface area contributed by atoms with E-state index < -0.39 is 0 Å². The molecule has 0 atom stereocenters. The van der Waals surface area contributed by atoms with Gasteiger partial charge in [-0.15, -0.1) is 0 Å². The summed E-state index contributed by atoms with van der Waals surface area (Å²) in [7, 11) is 0. The summed E-state index contributed by atoms with van der Waals surface area (Å²) >= 11 is 7.84. The molecule has 2 heteroatoms. The topological polar surface area (TPSA) is 0 Å². The minimum atomic E-state index is 0.781. The van der Waals surface area contributed by atoms with Gasteiger partial charge in [0, 0.05) is 11.0 Å². The van der Waals surface area contributed by atoms with E-state index in [2.05, 4.69) is 25.3 Å². The summed E-state index contributed by atoms with van der Waals surface area (Å²) in [4.78, 5) is 0. The van der Waals surface area contributed by atoms with Crippen LogP contribution in [-0.2, 0) is 0 Å². The second-order valence-corrected chi connectivity index (χ2v) is 1.97. The van der Waals surface area contributed by atoms with Crippen LogP contribution in [0.4, 0.5) is 0 Å². The molecule has 0 aliphatic carbocycles. The lowest BCUT2D eigenvalue weighted by atomic mass is 10.6. The van der Waals surface area contributed by atoms with Crippen LogP contribution in [-0.4, -0.2) is 5.75 Å². The van der Waals surface area contributed by atoms with Crippen molar-refractivity contribution in [1.82, 2.24) is 0 Å². The zero-order valence-corrected chi connectivity index (χ0v) is 4.89. The summed E-state index contributed by atoms with van der Waals surface area (Å²) in [6, 6.07) is 0. The standard InChI is InChI=1S/C3H7S2/c1-3(5)2-4/h4-5H,2H2,1H3. The lowest BCUT2D eigenvalue weighted by Gasteiger charge is -1.87. The van der Waals surface area contributed by atoms with Crippen LogP contribution in [0, 0.1) is 5.25 Å². The van der Waals surface area contributed by atoms with Gasteiger partial charge in [-0.25, -0.2) is 0 Å². The average molecular weight is 107 g/mol. The van der Waals surface area contributed by atoms with Gasteiger partial charge in [0.15, 0.2) is 0 Å². The van der Waals surface area contributed by atoms with Crippen molar-refractivity contribution < 1.29 is 0 Å². The molecule has 0 unspecified atom stereocenters. The Morgan fingerprint density at radius 1 is 1.80 bits per heavy atom. The molecule has 0 aliphatic heterocycles. The van der Waals surface area contributed by atoms with E-state index in [0.29, 0.717) is 0 Å². The van der Waals surface area contributed by atoms with Gasteiger partial charge in [-0.05, 0) is 6.92 Å². The first-order valence-electron chi connectivity index (χ1n) is 1.39. The van der Waals surface area contributed by atoms with Crippen molar-refractivity contribution in [1.29, 1.82) is 0 Å². The van der Waals surface area contributed by atoms with Crippen LogP contribution in [0.1, 0.15) is 6.92 Å². The maximum absolute atomic E-state index is 3.94. The molecule has 0 aromatic rings. The molecule has 5 heavy (non-hydrogen) atoms. The maximum atomic E-state index is 3.94. The summed E-state index contributed by atoms with van der Waals surface area (Å²) in [6.07, 6.45) is 0. The molecule has 0 rings (SSSR count). The van der Waals surface area contributed by atoms with Crippen molar-refractivity contribution in [3.8, 4) is 0 Å². The van der Waals surface area contributed by atoms with Gasteiger partial charge in [-0.1, -0.05) is 0 Å². The molecule has 0 saturated heterocycles. The number of rotatable bonds is 1. The van der Waals surface area contributed by atoms with Crippen LogP contribution >= 0.6 is 25.3 Å². The van der Waals surface area contributed by atoms with Gasteiger partial charge in [-0.2, -0.15) is 25.3 Å². The summed E-state index contributed by atoms with van der Waals surface area (Å²) < 4.78 is 0. The van der Waals surface area contributed by atoms with Gasteiger partial charge in [0.05, 0.1) is 0 Å². The van der Waals surface area contributed by atoms with E-state index in [1.165, 1.54) is 0 Å². The fraction of sp³-hybridized carbons (Fsp3) is 0.667. The maximum Gasteiger partial charge on any atom is 0.0338 e.